The molecule has 1 aromatic rings. The van der Waals surface area contributed by atoms with Crippen LogP contribution in [0.25, 0.3) is 0 Å². The standard InChI is InChI=1S/C10H11NO/c1-8-10(12)7-11(8)9-5-3-2-4-6-9/h2-6,8H,7H2,1H3. The van der Waals surface area contributed by atoms with Crippen molar-refractivity contribution in [3.8, 4) is 0 Å². The summed E-state index contributed by atoms with van der Waals surface area (Å²) in [7, 11) is 0. The molecule has 2 nitrogen and oxygen atoms in total. The molecule has 2 rings (SSSR count). The summed E-state index contributed by atoms with van der Waals surface area (Å²) in [6, 6.07) is 10.1. The zero-order valence-corrected chi connectivity index (χ0v) is 7.03. The van der Waals surface area contributed by atoms with Crippen molar-refractivity contribution < 1.29 is 4.79 Å². The lowest BCUT2D eigenvalue weighted by molar-refractivity contribution is -0.122. The Morgan fingerprint density at radius 2 is 2.00 bits per heavy atom. The number of hydrogen-bond acceptors (Lipinski definition) is 2. The molecule has 1 fully saturated rings. The number of nitrogens with zero attached hydrogens (tertiary/aromatic N) is 1. The second-order valence-electron chi connectivity index (χ2n) is 3.11. The minimum Gasteiger partial charge on any atom is -0.354 e. The number of ketones is 1. The molecule has 1 unspecified atom stereocenters. The van der Waals surface area contributed by atoms with Gasteiger partial charge in [0.25, 0.3) is 0 Å². The predicted molar refractivity (Wildman–Crippen MR) is 48.3 cm³/mol. The molecule has 1 aliphatic heterocycles. The molecule has 2 heteroatoms. The van der Waals surface area contributed by atoms with Crippen molar-refractivity contribution in [1.82, 2.24) is 0 Å². The second-order valence-corrected chi connectivity index (χ2v) is 3.11. The van der Waals surface area contributed by atoms with Crippen molar-refractivity contribution in [1.29, 1.82) is 0 Å². The number of anilines is 1. The van der Waals surface area contributed by atoms with Crippen molar-refractivity contribution in [2.24, 2.45) is 0 Å². The normalized spacial score (nSPS) is 22.2. The largest absolute Gasteiger partial charge is 0.354 e. The van der Waals surface area contributed by atoms with Gasteiger partial charge in [0.1, 0.15) is 0 Å². The Labute approximate surface area is 71.8 Å². The molecule has 1 heterocycles. The summed E-state index contributed by atoms with van der Waals surface area (Å²) in [6.07, 6.45) is 0. The first kappa shape index (κ1) is 7.35. The van der Waals surface area contributed by atoms with Gasteiger partial charge in [-0.1, -0.05) is 18.2 Å². The summed E-state index contributed by atoms with van der Waals surface area (Å²) < 4.78 is 0. The highest BCUT2D eigenvalue weighted by Gasteiger charge is 2.32. The highest BCUT2D eigenvalue weighted by Crippen LogP contribution is 2.22. The first-order valence-corrected chi connectivity index (χ1v) is 4.13. The van der Waals surface area contributed by atoms with Crippen molar-refractivity contribution in [3.05, 3.63) is 30.3 Å². The molecule has 0 radical (unpaired) electrons. The minimum absolute atomic E-state index is 0.0763. The maximum Gasteiger partial charge on any atom is 0.174 e. The van der Waals surface area contributed by atoms with Gasteiger partial charge in [0.05, 0.1) is 12.6 Å². The summed E-state index contributed by atoms with van der Waals surface area (Å²) >= 11 is 0. The number of hydrogen-bond donors (Lipinski definition) is 0. The van der Waals surface area contributed by atoms with Crippen LogP contribution < -0.4 is 4.90 Å². The van der Waals surface area contributed by atoms with E-state index in [-0.39, 0.29) is 6.04 Å². The summed E-state index contributed by atoms with van der Waals surface area (Å²) in [5.41, 5.74) is 1.14. The Bertz CT molecular complexity index is 294. The van der Waals surface area contributed by atoms with Crippen LogP contribution in [0, 0.1) is 0 Å². The van der Waals surface area contributed by atoms with Crippen molar-refractivity contribution in [3.63, 3.8) is 0 Å². The van der Waals surface area contributed by atoms with E-state index in [9.17, 15) is 4.79 Å². The van der Waals surface area contributed by atoms with Crippen LogP contribution in [0.2, 0.25) is 0 Å². The topological polar surface area (TPSA) is 20.3 Å². The highest BCUT2D eigenvalue weighted by atomic mass is 16.1. The van der Waals surface area contributed by atoms with E-state index in [4.69, 9.17) is 0 Å². The Balaban J connectivity index is 2.18. The lowest BCUT2D eigenvalue weighted by Gasteiger charge is -2.38. The average Bonchev–Trinajstić information content (AvgIpc) is 2.15. The molecule has 12 heavy (non-hydrogen) atoms. The number of para-hydroxylation sites is 1. The molecule has 1 atom stereocenters. The molecule has 0 bridgehead atoms. The molecule has 1 aliphatic rings. The fourth-order valence-electron chi connectivity index (χ4n) is 1.43. The Kier molecular flexibility index (Phi) is 1.61. The number of carbonyl (C=O) groups is 1. The molecule has 1 aromatic carbocycles. The molecule has 0 N–H and O–H groups in total. The lowest BCUT2D eigenvalue weighted by Crippen LogP contribution is -2.55. The Morgan fingerprint density at radius 1 is 1.33 bits per heavy atom. The van der Waals surface area contributed by atoms with Crippen LogP contribution in [0.15, 0.2) is 30.3 Å². The average molecular weight is 161 g/mol. The third-order valence-corrected chi connectivity index (χ3v) is 2.35. The maximum absolute atomic E-state index is 11.0. The first-order valence-electron chi connectivity index (χ1n) is 4.13. The van der Waals surface area contributed by atoms with E-state index in [2.05, 4.69) is 4.90 Å². The number of benzene rings is 1. The van der Waals surface area contributed by atoms with E-state index in [0.717, 1.165) is 5.69 Å². The quantitative estimate of drug-likeness (QED) is 0.621. The first-order chi connectivity index (χ1) is 5.79. The van der Waals surface area contributed by atoms with Crippen molar-refractivity contribution in [2.45, 2.75) is 13.0 Å². The molecule has 0 spiro atoms. The Morgan fingerprint density at radius 3 is 2.50 bits per heavy atom. The van der Waals surface area contributed by atoms with Gasteiger partial charge in [-0.05, 0) is 19.1 Å². The third kappa shape index (κ3) is 0.998. The lowest BCUT2D eigenvalue weighted by atomic mass is 10.0. The van der Waals surface area contributed by atoms with Gasteiger partial charge in [-0.25, -0.2) is 0 Å². The SMILES string of the molecule is CC1C(=O)CN1c1ccccc1. The Hall–Kier alpha value is -1.31. The summed E-state index contributed by atoms with van der Waals surface area (Å²) in [5.74, 6) is 0.332. The minimum atomic E-state index is 0.0763. The molecule has 0 saturated carbocycles. The maximum atomic E-state index is 11.0. The van der Waals surface area contributed by atoms with Gasteiger partial charge in [0.15, 0.2) is 5.78 Å². The second kappa shape index (κ2) is 2.63. The van der Waals surface area contributed by atoms with E-state index in [1.807, 2.05) is 37.3 Å². The summed E-state index contributed by atoms with van der Waals surface area (Å²) in [4.78, 5) is 13.1. The molecular weight excluding hydrogens is 150 g/mol. The predicted octanol–water partition coefficient (Wildman–Crippen LogP) is 1.46. The van der Waals surface area contributed by atoms with Crippen LogP contribution in [-0.4, -0.2) is 18.4 Å². The van der Waals surface area contributed by atoms with Crippen LogP contribution in [0.3, 0.4) is 0 Å². The molecule has 0 aromatic heterocycles. The van der Waals surface area contributed by atoms with Gasteiger partial charge in [-0.15, -0.1) is 0 Å². The van der Waals surface area contributed by atoms with Gasteiger partial charge in [-0.2, -0.15) is 0 Å². The van der Waals surface area contributed by atoms with Crippen LogP contribution in [0.5, 0.6) is 0 Å². The van der Waals surface area contributed by atoms with E-state index >= 15 is 0 Å². The van der Waals surface area contributed by atoms with Crippen molar-refractivity contribution in [2.75, 3.05) is 11.4 Å². The van der Waals surface area contributed by atoms with Gasteiger partial charge in [-0.3, -0.25) is 4.79 Å². The fraction of sp³-hybridized carbons (Fsp3) is 0.300. The monoisotopic (exact) mass is 161 g/mol. The van der Waals surface area contributed by atoms with Crippen LogP contribution >= 0.6 is 0 Å². The molecule has 0 amide bonds. The zero-order valence-electron chi connectivity index (χ0n) is 7.03. The van der Waals surface area contributed by atoms with Crippen LogP contribution in [0.4, 0.5) is 5.69 Å². The van der Waals surface area contributed by atoms with Gasteiger partial charge in [0, 0.05) is 5.69 Å². The smallest absolute Gasteiger partial charge is 0.174 e. The molecule has 0 aliphatic carbocycles. The third-order valence-electron chi connectivity index (χ3n) is 2.35. The molecular formula is C10H11NO. The van der Waals surface area contributed by atoms with Crippen molar-refractivity contribution >= 4 is 11.5 Å². The molecule has 62 valence electrons. The van der Waals surface area contributed by atoms with E-state index < -0.39 is 0 Å². The zero-order chi connectivity index (χ0) is 8.55. The van der Waals surface area contributed by atoms with E-state index in [0.29, 0.717) is 12.3 Å². The summed E-state index contributed by atoms with van der Waals surface area (Å²) in [5, 5.41) is 0. The number of Topliss-reactive ketones (excluding diaryl/α,β-unsaturated/α-hetero) is 1. The van der Waals surface area contributed by atoms with E-state index in [1.165, 1.54) is 0 Å². The van der Waals surface area contributed by atoms with Crippen LogP contribution in [0.1, 0.15) is 6.92 Å². The summed E-state index contributed by atoms with van der Waals surface area (Å²) in [6.45, 7) is 2.52. The highest BCUT2D eigenvalue weighted by molar-refractivity contribution is 5.98. The van der Waals surface area contributed by atoms with Gasteiger partial charge in [0.2, 0.25) is 0 Å². The number of rotatable bonds is 1. The van der Waals surface area contributed by atoms with Gasteiger partial charge >= 0.3 is 0 Å². The molecule has 1 saturated heterocycles. The fourth-order valence-corrected chi connectivity index (χ4v) is 1.43. The number of carbonyl (C=O) groups excluding carboxylic acids is 1. The van der Waals surface area contributed by atoms with E-state index in [1.54, 1.807) is 0 Å². The van der Waals surface area contributed by atoms with Gasteiger partial charge < -0.3 is 4.90 Å². The van der Waals surface area contributed by atoms with Crippen LogP contribution in [-0.2, 0) is 4.79 Å².